The van der Waals surface area contributed by atoms with E-state index in [1.54, 1.807) is 12.3 Å². The van der Waals surface area contributed by atoms with Gasteiger partial charge in [-0.2, -0.15) is 8.78 Å². The maximum Gasteiger partial charge on any atom is 0.394 e. The second kappa shape index (κ2) is 3.19. The van der Waals surface area contributed by atoms with Crippen molar-refractivity contribution in [3.63, 3.8) is 0 Å². The first-order valence-corrected chi connectivity index (χ1v) is 4.58. The molecule has 0 aromatic carbocycles. The molecular weight excluding hydrogens is 188 g/mol. The fraction of sp³-hybridized carbons (Fsp3) is 0.500. The van der Waals surface area contributed by atoms with Crippen molar-refractivity contribution < 1.29 is 13.5 Å². The lowest BCUT2D eigenvalue weighted by Crippen LogP contribution is -2.20. The molecule has 0 atom stereocenters. The van der Waals surface area contributed by atoms with Crippen molar-refractivity contribution in [3.05, 3.63) is 24.0 Å². The summed E-state index contributed by atoms with van der Waals surface area (Å²) in [7, 11) is 0. The summed E-state index contributed by atoms with van der Waals surface area (Å²) in [4.78, 5) is 4.07. The summed E-state index contributed by atoms with van der Waals surface area (Å²) in [5.41, 5.74) is 0.661. The molecule has 1 fully saturated rings. The van der Waals surface area contributed by atoms with Crippen molar-refractivity contribution in [1.29, 1.82) is 0 Å². The molecule has 1 saturated carbocycles. The molecule has 2 rings (SSSR count). The normalized spacial score (nSPS) is 16.8. The number of hydrogen-bond acceptors (Lipinski definition) is 2. The molecule has 0 amide bonds. The van der Waals surface area contributed by atoms with E-state index in [0.29, 0.717) is 11.6 Å². The van der Waals surface area contributed by atoms with Gasteiger partial charge in [0.1, 0.15) is 5.75 Å². The third-order valence-electron chi connectivity index (χ3n) is 2.05. The molecule has 1 aromatic heterocycles. The van der Waals surface area contributed by atoms with E-state index in [1.807, 2.05) is 0 Å². The molecule has 1 aliphatic rings. The van der Waals surface area contributed by atoms with Crippen LogP contribution in [0.2, 0.25) is 0 Å². The molecule has 14 heavy (non-hydrogen) atoms. The first-order valence-electron chi connectivity index (χ1n) is 4.58. The molecule has 2 nitrogen and oxygen atoms in total. The Morgan fingerprint density at radius 1 is 1.50 bits per heavy atom. The Labute approximate surface area is 80.9 Å². The minimum absolute atomic E-state index is 0.211. The van der Waals surface area contributed by atoms with Gasteiger partial charge in [0.2, 0.25) is 0 Å². The molecule has 0 radical (unpaired) electrons. The van der Waals surface area contributed by atoms with E-state index >= 15 is 0 Å². The van der Waals surface area contributed by atoms with Crippen LogP contribution in [-0.4, -0.2) is 11.1 Å². The first kappa shape index (κ1) is 9.37. The molecule has 4 heteroatoms. The van der Waals surface area contributed by atoms with Crippen molar-refractivity contribution in [2.45, 2.75) is 31.8 Å². The van der Waals surface area contributed by atoms with Gasteiger partial charge in [0.05, 0.1) is 5.69 Å². The summed E-state index contributed by atoms with van der Waals surface area (Å²) in [5, 5.41) is 0. The van der Waals surface area contributed by atoms with Crippen molar-refractivity contribution in [3.8, 4) is 5.75 Å². The summed E-state index contributed by atoms with van der Waals surface area (Å²) < 4.78 is 29.8. The highest BCUT2D eigenvalue weighted by molar-refractivity contribution is 5.32. The second-order valence-corrected chi connectivity index (χ2v) is 3.57. The second-order valence-electron chi connectivity index (χ2n) is 3.57. The third kappa shape index (κ3) is 2.19. The summed E-state index contributed by atoms with van der Waals surface area (Å²) in [6.45, 7) is 0.733. The third-order valence-corrected chi connectivity index (χ3v) is 2.05. The van der Waals surface area contributed by atoms with Gasteiger partial charge in [-0.05, 0) is 25.0 Å². The van der Waals surface area contributed by atoms with Crippen molar-refractivity contribution in [2.24, 2.45) is 0 Å². The minimum Gasteiger partial charge on any atom is -0.431 e. The molecule has 0 aliphatic heterocycles. The largest absolute Gasteiger partial charge is 0.431 e. The number of aromatic nitrogens is 1. The molecular formula is C10H11F2NO. The molecule has 0 unspecified atom stereocenters. The zero-order valence-electron chi connectivity index (χ0n) is 7.84. The van der Waals surface area contributed by atoms with Crippen LogP contribution in [0.4, 0.5) is 8.78 Å². The Kier molecular flexibility index (Phi) is 2.13. The quantitative estimate of drug-likeness (QED) is 0.746. The molecule has 1 aromatic rings. The van der Waals surface area contributed by atoms with Gasteiger partial charge >= 0.3 is 6.11 Å². The van der Waals surface area contributed by atoms with Gasteiger partial charge in [-0.1, -0.05) is 0 Å². The van der Waals surface area contributed by atoms with Crippen molar-refractivity contribution in [2.75, 3.05) is 0 Å². The van der Waals surface area contributed by atoms with E-state index in [4.69, 9.17) is 0 Å². The molecule has 1 aliphatic carbocycles. The number of halogens is 2. The lowest BCUT2D eigenvalue weighted by atomic mass is 10.2. The van der Waals surface area contributed by atoms with E-state index in [-0.39, 0.29) is 5.75 Å². The van der Waals surface area contributed by atoms with E-state index in [2.05, 4.69) is 9.72 Å². The molecule has 0 N–H and O–H groups in total. The van der Waals surface area contributed by atoms with Crippen LogP contribution >= 0.6 is 0 Å². The fourth-order valence-corrected chi connectivity index (χ4v) is 1.35. The molecule has 0 spiro atoms. The number of nitrogens with zero attached hydrogens (tertiary/aromatic N) is 1. The van der Waals surface area contributed by atoms with Crippen LogP contribution in [0.5, 0.6) is 5.75 Å². The summed E-state index contributed by atoms with van der Waals surface area (Å²) in [5.74, 6) is 0.524. The Morgan fingerprint density at radius 2 is 2.21 bits per heavy atom. The van der Waals surface area contributed by atoms with Crippen LogP contribution in [0.25, 0.3) is 0 Å². The standard InChI is InChI=1S/C10H11F2NO/c1-10(11,12)14-8-3-2-6-13-9(8)7-4-5-7/h2-3,6-7H,4-5H2,1H3. The van der Waals surface area contributed by atoms with Crippen molar-refractivity contribution in [1.82, 2.24) is 4.98 Å². The van der Waals surface area contributed by atoms with Gasteiger partial charge in [0, 0.05) is 19.0 Å². The highest BCUT2D eigenvalue weighted by atomic mass is 19.3. The zero-order valence-corrected chi connectivity index (χ0v) is 7.84. The number of alkyl halides is 2. The smallest absolute Gasteiger partial charge is 0.394 e. The van der Waals surface area contributed by atoms with Gasteiger partial charge in [0.25, 0.3) is 0 Å². The summed E-state index contributed by atoms with van der Waals surface area (Å²) in [6.07, 6.45) is 0.506. The van der Waals surface area contributed by atoms with E-state index < -0.39 is 6.11 Å². The molecule has 76 valence electrons. The minimum atomic E-state index is -3.13. The Morgan fingerprint density at radius 3 is 2.79 bits per heavy atom. The average molecular weight is 199 g/mol. The Balaban J connectivity index is 2.23. The lowest BCUT2D eigenvalue weighted by molar-refractivity contribution is -0.159. The van der Waals surface area contributed by atoms with Gasteiger partial charge < -0.3 is 4.74 Å². The number of ether oxygens (including phenoxy) is 1. The van der Waals surface area contributed by atoms with Crippen LogP contribution in [-0.2, 0) is 0 Å². The predicted octanol–water partition coefficient (Wildman–Crippen LogP) is 2.95. The van der Waals surface area contributed by atoms with E-state index in [0.717, 1.165) is 19.8 Å². The highest BCUT2D eigenvalue weighted by Gasteiger charge is 2.31. The molecule has 0 saturated heterocycles. The SMILES string of the molecule is CC(F)(F)Oc1cccnc1C1CC1. The van der Waals surface area contributed by atoms with Gasteiger partial charge in [-0.15, -0.1) is 0 Å². The van der Waals surface area contributed by atoms with Gasteiger partial charge in [-0.3, -0.25) is 4.98 Å². The topological polar surface area (TPSA) is 22.1 Å². The Bertz CT molecular complexity index is 331. The maximum absolute atomic E-state index is 12.6. The average Bonchev–Trinajstić information content (AvgIpc) is 2.85. The van der Waals surface area contributed by atoms with Gasteiger partial charge in [-0.25, -0.2) is 0 Å². The molecule has 0 bridgehead atoms. The van der Waals surface area contributed by atoms with Crippen LogP contribution < -0.4 is 4.74 Å². The van der Waals surface area contributed by atoms with E-state index in [1.165, 1.54) is 6.07 Å². The number of rotatable bonds is 3. The first-order chi connectivity index (χ1) is 6.56. The van der Waals surface area contributed by atoms with E-state index in [9.17, 15) is 8.78 Å². The van der Waals surface area contributed by atoms with Crippen molar-refractivity contribution >= 4 is 0 Å². The number of hydrogen-bond donors (Lipinski definition) is 0. The van der Waals surface area contributed by atoms with Crippen LogP contribution in [0.15, 0.2) is 18.3 Å². The fourth-order valence-electron chi connectivity index (χ4n) is 1.35. The number of pyridine rings is 1. The monoisotopic (exact) mass is 199 g/mol. The predicted molar refractivity (Wildman–Crippen MR) is 47.5 cm³/mol. The van der Waals surface area contributed by atoms with Gasteiger partial charge in [0.15, 0.2) is 0 Å². The summed E-state index contributed by atoms with van der Waals surface area (Å²) >= 11 is 0. The summed E-state index contributed by atoms with van der Waals surface area (Å²) in [6, 6.07) is 3.14. The van der Waals surface area contributed by atoms with Crippen LogP contribution in [0.1, 0.15) is 31.4 Å². The zero-order chi connectivity index (χ0) is 10.2. The lowest BCUT2D eigenvalue weighted by Gasteiger charge is -2.15. The highest BCUT2D eigenvalue weighted by Crippen LogP contribution is 2.43. The Hall–Kier alpha value is -1.19. The van der Waals surface area contributed by atoms with Crippen LogP contribution in [0.3, 0.4) is 0 Å². The van der Waals surface area contributed by atoms with Crippen LogP contribution in [0, 0.1) is 0 Å². The maximum atomic E-state index is 12.6. The molecule has 1 heterocycles.